The predicted molar refractivity (Wildman–Crippen MR) is 136 cm³/mol. The summed E-state index contributed by atoms with van der Waals surface area (Å²) in [5, 5.41) is 3.30. The van der Waals surface area contributed by atoms with Gasteiger partial charge in [-0.05, 0) is 55.2 Å². The molecule has 2 amide bonds. The number of aryl methyl sites for hydroxylation is 2. The Balaban J connectivity index is 1.17. The van der Waals surface area contributed by atoms with Crippen LogP contribution in [-0.2, 0) is 9.53 Å². The molecule has 6 heteroatoms. The third-order valence-electron chi connectivity index (χ3n) is 8.10. The second-order valence-corrected chi connectivity index (χ2v) is 10.6. The summed E-state index contributed by atoms with van der Waals surface area (Å²) in [6.07, 6.45) is 1.69. The lowest BCUT2D eigenvalue weighted by molar-refractivity contribution is -0.125. The summed E-state index contributed by atoms with van der Waals surface area (Å²) in [5.41, 5.74) is 4.15. The maximum atomic E-state index is 13.2. The number of hydrogen-bond donors (Lipinski definition) is 1. The summed E-state index contributed by atoms with van der Waals surface area (Å²) in [6, 6.07) is 16.4. The normalized spacial score (nSPS) is 25.0. The minimum Gasteiger partial charge on any atom is -0.381 e. The van der Waals surface area contributed by atoms with Gasteiger partial charge in [-0.25, -0.2) is 0 Å². The highest BCUT2D eigenvalue weighted by atomic mass is 16.5. The van der Waals surface area contributed by atoms with Crippen molar-refractivity contribution in [3.05, 3.63) is 70.8 Å². The first-order chi connectivity index (χ1) is 17.0. The minimum atomic E-state index is -0.0345. The van der Waals surface area contributed by atoms with Crippen LogP contribution in [0.3, 0.4) is 0 Å². The Bertz CT molecular complexity index is 1020. The SMILES string of the molecule is Cc1cccc(C)c1C(=O)N1CC2CN(CC[C@H](NC(=O)[C@H]3CCOC3)c3ccccc3)CC2C1. The number of rotatable bonds is 7. The van der Waals surface area contributed by atoms with Gasteiger partial charge in [0.15, 0.2) is 0 Å². The lowest BCUT2D eigenvalue weighted by Crippen LogP contribution is -2.37. The molecule has 3 aliphatic rings. The summed E-state index contributed by atoms with van der Waals surface area (Å²) in [7, 11) is 0. The van der Waals surface area contributed by atoms with E-state index in [0.717, 1.165) is 67.8 Å². The molecule has 2 aromatic carbocycles. The van der Waals surface area contributed by atoms with Crippen LogP contribution in [0.5, 0.6) is 0 Å². The van der Waals surface area contributed by atoms with Gasteiger partial charge in [0.2, 0.25) is 5.91 Å². The molecule has 186 valence electrons. The van der Waals surface area contributed by atoms with Gasteiger partial charge in [-0.2, -0.15) is 0 Å². The van der Waals surface area contributed by atoms with Gasteiger partial charge < -0.3 is 19.9 Å². The maximum absolute atomic E-state index is 13.2. The van der Waals surface area contributed by atoms with Crippen molar-refractivity contribution in [3.63, 3.8) is 0 Å². The molecule has 0 spiro atoms. The van der Waals surface area contributed by atoms with Gasteiger partial charge >= 0.3 is 0 Å². The van der Waals surface area contributed by atoms with Crippen molar-refractivity contribution in [2.45, 2.75) is 32.7 Å². The molecule has 35 heavy (non-hydrogen) atoms. The van der Waals surface area contributed by atoms with Crippen LogP contribution in [0.4, 0.5) is 0 Å². The van der Waals surface area contributed by atoms with Crippen molar-refractivity contribution >= 4 is 11.8 Å². The van der Waals surface area contributed by atoms with E-state index in [-0.39, 0.29) is 23.8 Å². The van der Waals surface area contributed by atoms with E-state index in [9.17, 15) is 9.59 Å². The number of carbonyl (C=O) groups is 2. The number of fused-ring (bicyclic) bond motifs is 1. The van der Waals surface area contributed by atoms with Gasteiger partial charge in [0.1, 0.15) is 0 Å². The van der Waals surface area contributed by atoms with Crippen molar-refractivity contribution in [3.8, 4) is 0 Å². The zero-order chi connectivity index (χ0) is 24.4. The Kier molecular flexibility index (Phi) is 7.21. The zero-order valence-electron chi connectivity index (χ0n) is 20.9. The van der Waals surface area contributed by atoms with Crippen LogP contribution in [0.1, 0.15) is 45.9 Å². The van der Waals surface area contributed by atoms with Crippen LogP contribution < -0.4 is 5.32 Å². The van der Waals surface area contributed by atoms with E-state index in [1.165, 1.54) is 0 Å². The third-order valence-corrected chi connectivity index (χ3v) is 8.10. The van der Waals surface area contributed by atoms with Crippen LogP contribution in [0, 0.1) is 31.6 Å². The first-order valence-corrected chi connectivity index (χ1v) is 13.0. The molecule has 2 unspecified atom stereocenters. The lowest BCUT2D eigenvalue weighted by atomic mass is 10.0. The number of hydrogen-bond acceptors (Lipinski definition) is 4. The van der Waals surface area contributed by atoms with Crippen LogP contribution >= 0.6 is 0 Å². The van der Waals surface area contributed by atoms with Crippen LogP contribution in [0.2, 0.25) is 0 Å². The molecule has 3 aliphatic heterocycles. The quantitative estimate of drug-likeness (QED) is 0.665. The van der Waals surface area contributed by atoms with E-state index in [1.807, 2.05) is 50.2 Å². The van der Waals surface area contributed by atoms with Gasteiger partial charge in [-0.1, -0.05) is 48.5 Å². The minimum absolute atomic E-state index is 0.00634. The highest BCUT2D eigenvalue weighted by Gasteiger charge is 2.42. The molecule has 3 heterocycles. The molecule has 3 saturated heterocycles. The average molecular weight is 476 g/mol. The molecule has 0 aliphatic carbocycles. The molecule has 4 atom stereocenters. The first-order valence-electron chi connectivity index (χ1n) is 13.0. The van der Waals surface area contributed by atoms with Crippen molar-refractivity contribution in [2.75, 3.05) is 45.9 Å². The third kappa shape index (κ3) is 5.29. The summed E-state index contributed by atoms with van der Waals surface area (Å²) >= 11 is 0. The number of benzene rings is 2. The van der Waals surface area contributed by atoms with E-state index in [0.29, 0.717) is 25.0 Å². The fourth-order valence-corrected chi connectivity index (χ4v) is 6.10. The standard InChI is InChI=1S/C29H37N3O3/c1-20-7-6-8-21(2)27(20)29(34)32-17-24-15-31(16-25(24)18-32)13-11-26(22-9-4-3-5-10-22)30-28(33)23-12-14-35-19-23/h3-10,23-26H,11-19H2,1-2H3,(H,30,33)/t23-,24?,25?,26-/m0/s1. The van der Waals surface area contributed by atoms with Gasteiger partial charge in [-0.15, -0.1) is 0 Å². The molecular weight excluding hydrogens is 438 g/mol. The highest BCUT2D eigenvalue weighted by molar-refractivity contribution is 5.97. The fraction of sp³-hybridized carbons (Fsp3) is 0.517. The molecule has 0 radical (unpaired) electrons. The summed E-state index contributed by atoms with van der Waals surface area (Å²) in [6.45, 7) is 9.93. The lowest BCUT2D eigenvalue weighted by Gasteiger charge is -2.26. The summed E-state index contributed by atoms with van der Waals surface area (Å²) < 4.78 is 5.42. The number of amides is 2. The van der Waals surface area contributed by atoms with Crippen LogP contribution in [0.25, 0.3) is 0 Å². The maximum Gasteiger partial charge on any atom is 0.254 e. The monoisotopic (exact) mass is 475 g/mol. The molecule has 1 N–H and O–H groups in total. The Hall–Kier alpha value is -2.70. The Labute approximate surface area is 208 Å². The molecule has 2 aromatic rings. The van der Waals surface area contributed by atoms with Gasteiger partial charge in [0, 0.05) is 44.9 Å². The van der Waals surface area contributed by atoms with E-state index in [1.54, 1.807) is 0 Å². The molecule has 3 fully saturated rings. The van der Waals surface area contributed by atoms with E-state index in [2.05, 4.69) is 27.2 Å². The van der Waals surface area contributed by atoms with E-state index >= 15 is 0 Å². The van der Waals surface area contributed by atoms with Crippen molar-refractivity contribution < 1.29 is 14.3 Å². The fourth-order valence-electron chi connectivity index (χ4n) is 6.10. The van der Waals surface area contributed by atoms with E-state index in [4.69, 9.17) is 4.74 Å². The predicted octanol–water partition coefficient (Wildman–Crippen LogP) is 3.59. The number of likely N-dealkylation sites (tertiary alicyclic amines) is 2. The first kappa shape index (κ1) is 24.0. The molecule has 0 aromatic heterocycles. The van der Waals surface area contributed by atoms with E-state index < -0.39 is 0 Å². The average Bonchev–Trinajstić information content (AvgIpc) is 3.59. The summed E-state index contributed by atoms with van der Waals surface area (Å²) in [4.78, 5) is 30.6. The van der Waals surface area contributed by atoms with Gasteiger partial charge in [-0.3, -0.25) is 9.59 Å². The topological polar surface area (TPSA) is 61.9 Å². The van der Waals surface area contributed by atoms with Crippen molar-refractivity contribution in [1.82, 2.24) is 15.1 Å². The second-order valence-electron chi connectivity index (χ2n) is 10.6. The number of ether oxygens (including phenoxy) is 1. The highest BCUT2D eigenvalue weighted by Crippen LogP contribution is 2.33. The summed E-state index contributed by atoms with van der Waals surface area (Å²) in [5.74, 6) is 1.32. The van der Waals surface area contributed by atoms with Crippen molar-refractivity contribution in [1.29, 1.82) is 0 Å². The largest absolute Gasteiger partial charge is 0.381 e. The smallest absolute Gasteiger partial charge is 0.254 e. The second kappa shape index (κ2) is 10.5. The van der Waals surface area contributed by atoms with Crippen LogP contribution in [0.15, 0.2) is 48.5 Å². The molecule has 0 bridgehead atoms. The number of nitrogens with zero attached hydrogens (tertiary/aromatic N) is 2. The van der Waals surface area contributed by atoms with Crippen LogP contribution in [-0.4, -0.2) is 67.6 Å². The van der Waals surface area contributed by atoms with Crippen molar-refractivity contribution in [2.24, 2.45) is 17.8 Å². The molecular formula is C29H37N3O3. The Morgan fingerprint density at radius 2 is 1.66 bits per heavy atom. The number of nitrogens with one attached hydrogen (secondary N) is 1. The molecule has 6 nitrogen and oxygen atoms in total. The number of carbonyl (C=O) groups excluding carboxylic acids is 2. The Morgan fingerprint density at radius 1 is 0.971 bits per heavy atom. The molecule has 0 saturated carbocycles. The molecule has 5 rings (SSSR count). The van der Waals surface area contributed by atoms with Gasteiger partial charge in [0.05, 0.1) is 18.6 Å². The zero-order valence-corrected chi connectivity index (χ0v) is 20.9. The Morgan fingerprint density at radius 3 is 2.29 bits per heavy atom. The van der Waals surface area contributed by atoms with Gasteiger partial charge in [0.25, 0.3) is 5.91 Å².